The minimum atomic E-state index is 0.0726. The molecule has 2 heterocycles. The second-order valence-electron chi connectivity index (χ2n) is 5.39. The molecule has 2 rings (SSSR count). The molecule has 1 aliphatic heterocycles. The Morgan fingerprint density at radius 3 is 2.81 bits per heavy atom. The summed E-state index contributed by atoms with van der Waals surface area (Å²) in [6.45, 7) is 5.72. The summed E-state index contributed by atoms with van der Waals surface area (Å²) in [5.41, 5.74) is 0.984. The number of carbonyl (C=O) groups excluding carboxylic acids is 1. The lowest BCUT2D eigenvalue weighted by Gasteiger charge is -2.26. The van der Waals surface area contributed by atoms with E-state index in [0.717, 1.165) is 51.1 Å². The van der Waals surface area contributed by atoms with Crippen LogP contribution in [0.1, 0.15) is 38.3 Å². The van der Waals surface area contributed by atoms with Crippen LogP contribution in [0.5, 0.6) is 5.75 Å². The van der Waals surface area contributed by atoms with E-state index in [-0.39, 0.29) is 12.5 Å². The van der Waals surface area contributed by atoms with Gasteiger partial charge in [0.15, 0.2) is 6.61 Å². The number of nitrogens with one attached hydrogen (secondary N) is 1. The van der Waals surface area contributed by atoms with Crippen molar-refractivity contribution in [2.75, 3.05) is 26.2 Å². The number of nitrogens with zero attached hydrogens (tertiary/aromatic N) is 2. The van der Waals surface area contributed by atoms with E-state index in [1.165, 1.54) is 6.42 Å². The third kappa shape index (κ3) is 5.34. The second-order valence-corrected chi connectivity index (χ2v) is 5.39. The predicted octanol–water partition coefficient (Wildman–Crippen LogP) is 1.97. The van der Waals surface area contributed by atoms with Crippen LogP contribution in [-0.2, 0) is 11.3 Å². The lowest BCUT2D eigenvalue weighted by molar-refractivity contribution is -0.134. The molecule has 0 unspecified atom stereocenters. The molecule has 5 heteroatoms. The summed E-state index contributed by atoms with van der Waals surface area (Å²) in [5, 5.41) is 3.30. The van der Waals surface area contributed by atoms with Crippen LogP contribution in [0.3, 0.4) is 0 Å². The molecule has 1 amide bonds. The van der Waals surface area contributed by atoms with Crippen molar-refractivity contribution in [1.29, 1.82) is 0 Å². The Balaban J connectivity index is 1.73. The van der Waals surface area contributed by atoms with Gasteiger partial charge in [-0.3, -0.25) is 9.78 Å². The minimum Gasteiger partial charge on any atom is -0.482 e. The Kier molecular flexibility index (Phi) is 6.47. The zero-order valence-corrected chi connectivity index (χ0v) is 12.8. The van der Waals surface area contributed by atoms with Gasteiger partial charge in [-0.25, -0.2) is 0 Å². The van der Waals surface area contributed by atoms with Crippen LogP contribution in [-0.4, -0.2) is 42.0 Å². The number of rotatable bonds is 7. The molecule has 21 heavy (non-hydrogen) atoms. The lowest BCUT2D eigenvalue weighted by Crippen LogP contribution is -2.38. The molecule has 0 radical (unpaired) electrons. The van der Waals surface area contributed by atoms with Gasteiger partial charge in [0.25, 0.3) is 5.91 Å². The van der Waals surface area contributed by atoms with Gasteiger partial charge in [0.2, 0.25) is 0 Å². The number of hydrogen-bond acceptors (Lipinski definition) is 4. The Hall–Kier alpha value is -1.62. The van der Waals surface area contributed by atoms with E-state index in [4.69, 9.17) is 4.74 Å². The van der Waals surface area contributed by atoms with Crippen molar-refractivity contribution in [3.8, 4) is 5.75 Å². The van der Waals surface area contributed by atoms with E-state index in [9.17, 15) is 4.79 Å². The fourth-order valence-electron chi connectivity index (χ4n) is 2.37. The molecular weight excluding hydrogens is 266 g/mol. The number of ether oxygens (including phenoxy) is 1. The molecule has 0 atom stereocenters. The van der Waals surface area contributed by atoms with Crippen LogP contribution >= 0.6 is 0 Å². The highest BCUT2D eigenvalue weighted by Crippen LogP contribution is 2.11. The zero-order chi connectivity index (χ0) is 14.9. The number of pyridine rings is 1. The van der Waals surface area contributed by atoms with Crippen LogP contribution in [0, 0.1) is 0 Å². The Bertz CT molecular complexity index is 428. The predicted molar refractivity (Wildman–Crippen MR) is 82.2 cm³/mol. The van der Waals surface area contributed by atoms with E-state index in [0.29, 0.717) is 5.75 Å². The highest BCUT2D eigenvalue weighted by molar-refractivity contribution is 5.77. The number of hydrogen-bond donors (Lipinski definition) is 1. The Labute approximate surface area is 126 Å². The molecule has 0 bridgehead atoms. The molecule has 5 nitrogen and oxygen atoms in total. The van der Waals surface area contributed by atoms with E-state index in [1.54, 1.807) is 6.20 Å². The molecular formula is C16H25N3O2. The summed E-state index contributed by atoms with van der Waals surface area (Å²) in [4.78, 5) is 18.2. The maximum Gasteiger partial charge on any atom is 0.260 e. The summed E-state index contributed by atoms with van der Waals surface area (Å²) in [6.07, 6.45) is 6.23. The van der Waals surface area contributed by atoms with Gasteiger partial charge in [-0.1, -0.05) is 6.92 Å². The summed E-state index contributed by atoms with van der Waals surface area (Å²) in [7, 11) is 0. The van der Waals surface area contributed by atoms with Crippen molar-refractivity contribution in [3.63, 3.8) is 0 Å². The highest BCUT2D eigenvalue weighted by atomic mass is 16.5. The molecule has 1 aromatic rings. The fourth-order valence-corrected chi connectivity index (χ4v) is 2.37. The molecule has 1 fully saturated rings. The van der Waals surface area contributed by atoms with Gasteiger partial charge < -0.3 is 15.0 Å². The maximum atomic E-state index is 12.0. The van der Waals surface area contributed by atoms with Crippen molar-refractivity contribution >= 4 is 5.91 Å². The third-order valence-corrected chi connectivity index (χ3v) is 3.60. The normalized spacial score (nSPS) is 15.0. The largest absolute Gasteiger partial charge is 0.482 e. The molecule has 0 aromatic carbocycles. The zero-order valence-electron chi connectivity index (χ0n) is 12.8. The van der Waals surface area contributed by atoms with Gasteiger partial charge in [0.05, 0.1) is 11.9 Å². The standard InChI is InChI=1S/C16H25N3O2/c1-2-8-17-11-14-6-7-15(12-18-14)21-13-16(20)19-9-4-3-5-10-19/h6-7,12,17H,2-5,8-11,13H2,1H3. The SMILES string of the molecule is CCCNCc1ccc(OCC(=O)N2CCCCC2)cn1. The van der Waals surface area contributed by atoms with Crippen molar-refractivity contribution in [3.05, 3.63) is 24.0 Å². The molecule has 1 aromatic heterocycles. The number of aromatic nitrogens is 1. The first-order chi connectivity index (χ1) is 10.3. The molecule has 1 saturated heterocycles. The summed E-state index contributed by atoms with van der Waals surface area (Å²) in [5.74, 6) is 0.725. The van der Waals surface area contributed by atoms with Crippen molar-refractivity contribution in [2.24, 2.45) is 0 Å². The van der Waals surface area contributed by atoms with Gasteiger partial charge >= 0.3 is 0 Å². The summed E-state index contributed by atoms with van der Waals surface area (Å²) >= 11 is 0. The summed E-state index contributed by atoms with van der Waals surface area (Å²) < 4.78 is 5.53. The first-order valence-electron chi connectivity index (χ1n) is 7.86. The van der Waals surface area contributed by atoms with Crippen LogP contribution < -0.4 is 10.1 Å². The van der Waals surface area contributed by atoms with Crippen molar-refractivity contribution < 1.29 is 9.53 Å². The average molecular weight is 291 g/mol. The lowest BCUT2D eigenvalue weighted by atomic mass is 10.1. The Morgan fingerprint density at radius 1 is 1.33 bits per heavy atom. The van der Waals surface area contributed by atoms with E-state index >= 15 is 0 Å². The second kappa shape index (κ2) is 8.62. The topological polar surface area (TPSA) is 54.5 Å². The fraction of sp³-hybridized carbons (Fsp3) is 0.625. The number of likely N-dealkylation sites (tertiary alicyclic amines) is 1. The monoisotopic (exact) mass is 291 g/mol. The first kappa shape index (κ1) is 15.8. The molecule has 116 valence electrons. The number of amides is 1. The van der Waals surface area contributed by atoms with Gasteiger partial charge in [-0.15, -0.1) is 0 Å². The van der Waals surface area contributed by atoms with Crippen LogP contribution in [0.25, 0.3) is 0 Å². The first-order valence-corrected chi connectivity index (χ1v) is 7.86. The number of carbonyl (C=O) groups is 1. The quantitative estimate of drug-likeness (QED) is 0.780. The van der Waals surface area contributed by atoms with Crippen LogP contribution in [0.4, 0.5) is 0 Å². The smallest absolute Gasteiger partial charge is 0.260 e. The molecule has 0 spiro atoms. The molecule has 0 aliphatic carbocycles. The van der Waals surface area contributed by atoms with Gasteiger partial charge in [0.1, 0.15) is 5.75 Å². The minimum absolute atomic E-state index is 0.0726. The van der Waals surface area contributed by atoms with Crippen molar-refractivity contribution in [2.45, 2.75) is 39.2 Å². The van der Waals surface area contributed by atoms with Gasteiger partial charge in [0, 0.05) is 19.6 Å². The van der Waals surface area contributed by atoms with Crippen LogP contribution in [0.15, 0.2) is 18.3 Å². The molecule has 1 N–H and O–H groups in total. The van der Waals surface area contributed by atoms with E-state index in [1.807, 2.05) is 17.0 Å². The maximum absolute atomic E-state index is 12.0. The molecule has 0 saturated carbocycles. The van der Waals surface area contributed by atoms with Crippen LogP contribution in [0.2, 0.25) is 0 Å². The molecule has 1 aliphatic rings. The summed E-state index contributed by atoms with van der Waals surface area (Å²) in [6, 6.07) is 3.81. The highest BCUT2D eigenvalue weighted by Gasteiger charge is 2.16. The van der Waals surface area contributed by atoms with E-state index in [2.05, 4.69) is 17.2 Å². The third-order valence-electron chi connectivity index (χ3n) is 3.60. The number of piperidine rings is 1. The average Bonchev–Trinajstić information content (AvgIpc) is 2.55. The Morgan fingerprint density at radius 2 is 2.14 bits per heavy atom. The van der Waals surface area contributed by atoms with Gasteiger partial charge in [-0.2, -0.15) is 0 Å². The van der Waals surface area contributed by atoms with E-state index < -0.39 is 0 Å². The van der Waals surface area contributed by atoms with Crippen molar-refractivity contribution in [1.82, 2.24) is 15.2 Å². The van der Waals surface area contributed by atoms with Gasteiger partial charge in [-0.05, 0) is 44.4 Å².